The van der Waals surface area contributed by atoms with Gasteiger partial charge in [0.05, 0.1) is 6.54 Å². The third kappa shape index (κ3) is 7.78. The molecule has 0 atom stereocenters. The normalized spacial score (nSPS) is 12.1. The van der Waals surface area contributed by atoms with Crippen molar-refractivity contribution in [1.29, 1.82) is 0 Å². The highest BCUT2D eigenvalue weighted by Crippen LogP contribution is 2.23. The van der Waals surface area contributed by atoms with Crippen LogP contribution in [0, 0.1) is 11.3 Å². The maximum atomic E-state index is 10.5. The van der Waals surface area contributed by atoms with Gasteiger partial charge in [-0.3, -0.25) is 4.79 Å². The minimum Gasteiger partial charge on any atom is -0.369 e. The van der Waals surface area contributed by atoms with E-state index in [2.05, 4.69) is 33.0 Å². The van der Waals surface area contributed by atoms with Gasteiger partial charge >= 0.3 is 0 Å². The molecule has 0 aromatic heterocycles. The largest absolute Gasteiger partial charge is 0.369 e. The number of nitrogens with one attached hydrogen (secondary N) is 1. The van der Waals surface area contributed by atoms with Crippen molar-refractivity contribution in [3.63, 3.8) is 0 Å². The van der Waals surface area contributed by atoms with Gasteiger partial charge in [0.15, 0.2) is 0 Å². The highest BCUT2D eigenvalue weighted by Gasteiger charge is 2.18. The number of carbonyl (C=O) groups is 1. The zero-order valence-electron chi connectivity index (χ0n) is 9.18. The quantitative estimate of drug-likeness (QED) is 0.653. The molecule has 0 aliphatic heterocycles. The lowest BCUT2D eigenvalue weighted by molar-refractivity contribution is -0.117. The number of hydrogen-bond acceptors (Lipinski definition) is 2. The van der Waals surface area contributed by atoms with E-state index in [-0.39, 0.29) is 17.9 Å². The summed E-state index contributed by atoms with van der Waals surface area (Å²) in [5.74, 6) is 0.394. The van der Waals surface area contributed by atoms with Crippen LogP contribution >= 0.6 is 0 Å². The minimum absolute atomic E-state index is 0.240. The second kappa shape index (κ2) is 5.22. The smallest absolute Gasteiger partial charge is 0.231 e. The molecular weight excluding hydrogens is 164 g/mol. The van der Waals surface area contributed by atoms with E-state index in [9.17, 15) is 4.79 Å². The lowest BCUT2D eigenvalue weighted by Gasteiger charge is -2.26. The summed E-state index contributed by atoms with van der Waals surface area (Å²) in [4.78, 5) is 10.5. The predicted octanol–water partition coefficient (Wildman–Crippen LogP) is 1.13. The molecule has 3 N–H and O–H groups in total. The second-order valence-corrected chi connectivity index (χ2v) is 4.83. The number of amides is 1. The van der Waals surface area contributed by atoms with Gasteiger partial charge in [0.25, 0.3) is 0 Å². The van der Waals surface area contributed by atoms with E-state index in [1.165, 1.54) is 0 Å². The standard InChI is InChI=1S/C10H22N2O/c1-8(2)5-10(3,4)7-12-6-9(11)13/h8,12H,5-7H2,1-4H3,(H2,11,13). The third-order valence-corrected chi connectivity index (χ3v) is 1.86. The molecule has 3 nitrogen and oxygen atoms in total. The number of rotatable bonds is 6. The Labute approximate surface area is 81.1 Å². The summed E-state index contributed by atoms with van der Waals surface area (Å²) in [5.41, 5.74) is 5.26. The van der Waals surface area contributed by atoms with Gasteiger partial charge < -0.3 is 11.1 Å². The number of nitrogens with two attached hydrogens (primary N) is 1. The number of primary amides is 1. The molecule has 0 spiro atoms. The Kier molecular flexibility index (Phi) is 4.99. The summed E-state index contributed by atoms with van der Waals surface area (Å²) >= 11 is 0. The molecule has 0 saturated carbocycles. The van der Waals surface area contributed by atoms with Crippen molar-refractivity contribution < 1.29 is 4.79 Å². The van der Waals surface area contributed by atoms with Crippen LogP contribution in [0.3, 0.4) is 0 Å². The van der Waals surface area contributed by atoms with Crippen LogP contribution < -0.4 is 11.1 Å². The van der Waals surface area contributed by atoms with E-state index < -0.39 is 0 Å². The molecular formula is C10H22N2O. The zero-order valence-corrected chi connectivity index (χ0v) is 9.18. The first kappa shape index (κ1) is 12.4. The lowest BCUT2D eigenvalue weighted by atomic mass is 9.84. The molecule has 0 unspecified atom stereocenters. The van der Waals surface area contributed by atoms with Crippen LogP contribution in [0.25, 0.3) is 0 Å². The number of carbonyl (C=O) groups excluding carboxylic acids is 1. The second-order valence-electron chi connectivity index (χ2n) is 4.83. The van der Waals surface area contributed by atoms with Crippen LogP contribution in [0.5, 0.6) is 0 Å². The van der Waals surface area contributed by atoms with Gasteiger partial charge in [-0.05, 0) is 17.8 Å². The molecule has 1 amide bonds. The summed E-state index contributed by atoms with van der Waals surface area (Å²) in [7, 11) is 0. The molecule has 3 heteroatoms. The first-order valence-corrected chi connectivity index (χ1v) is 4.82. The minimum atomic E-state index is -0.291. The summed E-state index contributed by atoms with van der Waals surface area (Å²) in [6.07, 6.45) is 1.15. The van der Waals surface area contributed by atoms with Gasteiger partial charge in [-0.2, -0.15) is 0 Å². The van der Waals surface area contributed by atoms with E-state index in [1.54, 1.807) is 0 Å². The van der Waals surface area contributed by atoms with Crippen LogP contribution in [-0.2, 0) is 4.79 Å². The summed E-state index contributed by atoms with van der Waals surface area (Å²) in [5, 5.41) is 3.06. The van der Waals surface area contributed by atoms with Crippen molar-refractivity contribution >= 4 is 5.91 Å². The van der Waals surface area contributed by atoms with Gasteiger partial charge in [-0.15, -0.1) is 0 Å². The first-order chi connectivity index (χ1) is 5.83. The monoisotopic (exact) mass is 186 g/mol. The Morgan fingerprint density at radius 1 is 1.46 bits per heavy atom. The molecule has 0 aromatic carbocycles. The van der Waals surface area contributed by atoms with Crippen LogP contribution in [0.1, 0.15) is 34.1 Å². The maximum absolute atomic E-state index is 10.5. The maximum Gasteiger partial charge on any atom is 0.231 e. The molecule has 0 fully saturated rings. The van der Waals surface area contributed by atoms with E-state index in [4.69, 9.17) is 5.73 Å². The highest BCUT2D eigenvalue weighted by molar-refractivity contribution is 5.75. The molecule has 0 heterocycles. The Balaban J connectivity index is 3.68. The Morgan fingerprint density at radius 3 is 2.38 bits per heavy atom. The van der Waals surface area contributed by atoms with Crippen molar-refractivity contribution in [3.8, 4) is 0 Å². The summed E-state index contributed by atoms with van der Waals surface area (Å²) in [6.45, 7) is 9.92. The Hall–Kier alpha value is -0.570. The van der Waals surface area contributed by atoms with Crippen LogP contribution in [-0.4, -0.2) is 19.0 Å². The summed E-state index contributed by atoms with van der Waals surface area (Å²) < 4.78 is 0. The SMILES string of the molecule is CC(C)CC(C)(C)CNCC(N)=O. The van der Waals surface area contributed by atoms with Crippen molar-refractivity contribution in [1.82, 2.24) is 5.32 Å². The predicted molar refractivity (Wildman–Crippen MR) is 55.3 cm³/mol. The van der Waals surface area contributed by atoms with Gasteiger partial charge in [-0.25, -0.2) is 0 Å². The third-order valence-electron chi connectivity index (χ3n) is 1.86. The fourth-order valence-corrected chi connectivity index (χ4v) is 1.70. The van der Waals surface area contributed by atoms with Gasteiger partial charge in [0.1, 0.15) is 0 Å². The van der Waals surface area contributed by atoms with Crippen molar-refractivity contribution in [2.45, 2.75) is 34.1 Å². The van der Waals surface area contributed by atoms with Crippen LogP contribution in [0.15, 0.2) is 0 Å². The van der Waals surface area contributed by atoms with Crippen LogP contribution in [0.4, 0.5) is 0 Å². The van der Waals surface area contributed by atoms with Crippen molar-refractivity contribution in [2.24, 2.45) is 17.1 Å². The topological polar surface area (TPSA) is 55.1 Å². The fraction of sp³-hybridized carbons (Fsp3) is 0.900. The van der Waals surface area contributed by atoms with Crippen molar-refractivity contribution in [3.05, 3.63) is 0 Å². The van der Waals surface area contributed by atoms with E-state index in [1.807, 2.05) is 0 Å². The van der Waals surface area contributed by atoms with E-state index in [0.717, 1.165) is 13.0 Å². The zero-order chi connectivity index (χ0) is 10.5. The Bertz CT molecular complexity index is 164. The molecule has 0 bridgehead atoms. The Morgan fingerprint density at radius 2 is 2.00 bits per heavy atom. The molecule has 0 aliphatic rings. The van der Waals surface area contributed by atoms with Gasteiger partial charge in [0, 0.05) is 6.54 Å². The molecule has 0 radical (unpaired) electrons. The van der Waals surface area contributed by atoms with Gasteiger partial charge in [-0.1, -0.05) is 27.7 Å². The molecule has 0 saturated heterocycles. The van der Waals surface area contributed by atoms with Crippen LogP contribution in [0.2, 0.25) is 0 Å². The number of hydrogen-bond donors (Lipinski definition) is 2. The first-order valence-electron chi connectivity index (χ1n) is 4.82. The van der Waals surface area contributed by atoms with E-state index in [0.29, 0.717) is 5.92 Å². The summed E-state index contributed by atoms with van der Waals surface area (Å²) in [6, 6.07) is 0. The lowest BCUT2D eigenvalue weighted by Crippen LogP contribution is -2.36. The fourth-order valence-electron chi connectivity index (χ4n) is 1.70. The van der Waals surface area contributed by atoms with E-state index >= 15 is 0 Å². The highest BCUT2D eigenvalue weighted by atomic mass is 16.1. The molecule has 0 aromatic rings. The average Bonchev–Trinajstić information content (AvgIpc) is 1.81. The molecule has 13 heavy (non-hydrogen) atoms. The molecule has 0 rings (SSSR count). The van der Waals surface area contributed by atoms with Gasteiger partial charge in [0.2, 0.25) is 5.91 Å². The average molecular weight is 186 g/mol. The molecule has 78 valence electrons. The molecule has 0 aliphatic carbocycles. The van der Waals surface area contributed by atoms with Crippen molar-refractivity contribution in [2.75, 3.05) is 13.1 Å².